The van der Waals surface area contributed by atoms with E-state index in [-0.39, 0.29) is 0 Å². The van der Waals surface area contributed by atoms with Crippen LogP contribution in [0.5, 0.6) is 0 Å². The predicted molar refractivity (Wildman–Crippen MR) is 76.1 cm³/mol. The summed E-state index contributed by atoms with van der Waals surface area (Å²) >= 11 is 6.19. The van der Waals surface area contributed by atoms with E-state index in [4.69, 9.17) is 11.6 Å². The summed E-state index contributed by atoms with van der Waals surface area (Å²) in [7, 11) is 1.91. The van der Waals surface area contributed by atoms with Gasteiger partial charge in [-0.05, 0) is 36.8 Å². The van der Waals surface area contributed by atoms with Gasteiger partial charge in [-0.2, -0.15) is 0 Å². The summed E-state index contributed by atoms with van der Waals surface area (Å²) in [5, 5.41) is 0.573. The second-order valence-corrected chi connectivity index (χ2v) is 4.60. The van der Waals surface area contributed by atoms with E-state index >= 15 is 0 Å². The average molecular weight is 260 g/mol. The van der Waals surface area contributed by atoms with E-state index in [1.165, 1.54) is 5.56 Å². The van der Waals surface area contributed by atoms with Gasteiger partial charge in [0.05, 0.1) is 10.7 Å². The molecule has 0 radical (unpaired) electrons. The van der Waals surface area contributed by atoms with Crippen molar-refractivity contribution in [1.29, 1.82) is 0 Å². The Morgan fingerprint density at radius 2 is 1.89 bits per heavy atom. The molecular weight excluding hydrogens is 246 g/mol. The fourth-order valence-electron chi connectivity index (χ4n) is 1.95. The third-order valence-electron chi connectivity index (χ3n) is 2.87. The third kappa shape index (κ3) is 2.39. The number of hydrogen-bond donors (Lipinski definition) is 0. The van der Waals surface area contributed by atoms with Gasteiger partial charge in [-0.25, -0.2) is 0 Å². The largest absolute Gasteiger partial charge is 0.343 e. The zero-order valence-corrected chi connectivity index (χ0v) is 11.1. The first-order valence-electron chi connectivity index (χ1n) is 5.67. The molecule has 0 aliphatic rings. The molecular formula is C15H14ClNO. The van der Waals surface area contributed by atoms with Crippen molar-refractivity contribution in [2.45, 2.75) is 6.92 Å². The molecule has 0 spiro atoms. The van der Waals surface area contributed by atoms with Crippen molar-refractivity contribution in [2.75, 3.05) is 11.9 Å². The van der Waals surface area contributed by atoms with Crippen molar-refractivity contribution in [2.24, 2.45) is 0 Å². The Balaban J connectivity index is 2.52. The first-order valence-corrected chi connectivity index (χ1v) is 6.05. The highest BCUT2D eigenvalue weighted by molar-refractivity contribution is 6.34. The molecule has 0 fully saturated rings. The Kier molecular flexibility index (Phi) is 3.68. The number of benzene rings is 2. The topological polar surface area (TPSA) is 20.3 Å². The van der Waals surface area contributed by atoms with Crippen LogP contribution in [0.25, 0.3) is 0 Å². The van der Waals surface area contributed by atoms with Crippen LogP contribution in [-0.2, 0) is 0 Å². The smallest absolute Gasteiger partial charge is 0.152 e. The lowest BCUT2D eigenvalue weighted by atomic mass is 10.1. The fraction of sp³-hybridized carbons (Fsp3) is 0.133. The van der Waals surface area contributed by atoms with E-state index in [0.717, 1.165) is 17.7 Å². The second kappa shape index (κ2) is 5.23. The van der Waals surface area contributed by atoms with Gasteiger partial charge in [0, 0.05) is 18.3 Å². The zero-order chi connectivity index (χ0) is 13.1. The summed E-state index contributed by atoms with van der Waals surface area (Å²) in [6.07, 6.45) is 0.827. The normalized spacial score (nSPS) is 10.2. The molecule has 0 saturated heterocycles. The molecule has 18 heavy (non-hydrogen) atoms. The molecule has 92 valence electrons. The maximum Gasteiger partial charge on any atom is 0.152 e. The number of para-hydroxylation sites is 1. The van der Waals surface area contributed by atoms with Gasteiger partial charge in [-0.15, -0.1) is 0 Å². The van der Waals surface area contributed by atoms with Crippen molar-refractivity contribution in [3.8, 4) is 0 Å². The van der Waals surface area contributed by atoms with Gasteiger partial charge in [-0.3, -0.25) is 4.79 Å². The Labute approximate surface area is 112 Å². The molecule has 0 N–H and O–H groups in total. The van der Waals surface area contributed by atoms with Gasteiger partial charge in [-0.1, -0.05) is 29.8 Å². The van der Waals surface area contributed by atoms with Crippen molar-refractivity contribution in [3.05, 3.63) is 58.6 Å². The number of hydrogen-bond acceptors (Lipinski definition) is 2. The summed E-state index contributed by atoms with van der Waals surface area (Å²) in [6, 6.07) is 13.4. The minimum Gasteiger partial charge on any atom is -0.343 e. The summed E-state index contributed by atoms with van der Waals surface area (Å²) in [5.74, 6) is 0. The molecule has 0 bridgehead atoms. The van der Waals surface area contributed by atoms with Crippen LogP contribution in [-0.4, -0.2) is 13.3 Å². The zero-order valence-electron chi connectivity index (χ0n) is 10.4. The van der Waals surface area contributed by atoms with Crippen molar-refractivity contribution in [3.63, 3.8) is 0 Å². The van der Waals surface area contributed by atoms with Gasteiger partial charge in [0.2, 0.25) is 0 Å². The van der Waals surface area contributed by atoms with E-state index in [0.29, 0.717) is 10.6 Å². The van der Waals surface area contributed by atoms with Gasteiger partial charge in [0.1, 0.15) is 0 Å². The first kappa shape index (κ1) is 12.7. The molecule has 0 unspecified atom stereocenters. The number of nitrogens with zero attached hydrogens (tertiary/aromatic N) is 1. The SMILES string of the molecule is Cc1cccc(N(C)c2c(Cl)cccc2C=O)c1. The average Bonchev–Trinajstić information content (AvgIpc) is 2.37. The van der Waals surface area contributed by atoms with Crippen LogP contribution in [0.4, 0.5) is 11.4 Å². The standard InChI is InChI=1S/C15H14ClNO/c1-11-5-3-7-13(9-11)17(2)15-12(10-18)6-4-8-14(15)16/h3-10H,1-2H3. The van der Waals surface area contributed by atoms with E-state index < -0.39 is 0 Å². The van der Waals surface area contributed by atoms with Crippen LogP contribution in [0.1, 0.15) is 15.9 Å². The Bertz CT molecular complexity index is 580. The number of carbonyl (C=O) groups is 1. The van der Waals surface area contributed by atoms with E-state index in [2.05, 4.69) is 6.07 Å². The Hall–Kier alpha value is -1.80. The van der Waals surface area contributed by atoms with Crippen LogP contribution < -0.4 is 4.90 Å². The molecule has 3 heteroatoms. The van der Waals surface area contributed by atoms with Crippen LogP contribution in [0.3, 0.4) is 0 Å². The Morgan fingerprint density at radius 1 is 1.17 bits per heavy atom. The molecule has 2 rings (SSSR count). The monoisotopic (exact) mass is 259 g/mol. The predicted octanol–water partition coefficient (Wildman–Crippen LogP) is 4.23. The highest BCUT2D eigenvalue weighted by Crippen LogP contribution is 2.33. The number of aryl methyl sites for hydroxylation is 1. The number of rotatable bonds is 3. The second-order valence-electron chi connectivity index (χ2n) is 4.19. The molecule has 2 aromatic carbocycles. The van der Waals surface area contributed by atoms with Crippen molar-refractivity contribution in [1.82, 2.24) is 0 Å². The quantitative estimate of drug-likeness (QED) is 0.769. The fourth-order valence-corrected chi connectivity index (χ4v) is 2.26. The summed E-state index contributed by atoms with van der Waals surface area (Å²) in [6.45, 7) is 2.03. The van der Waals surface area contributed by atoms with Crippen LogP contribution in [0.15, 0.2) is 42.5 Å². The molecule has 0 aliphatic carbocycles. The maximum atomic E-state index is 11.1. The van der Waals surface area contributed by atoms with Crippen molar-refractivity contribution >= 4 is 29.3 Å². The van der Waals surface area contributed by atoms with Gasteiger partial charge < -0.3 is 4.90 Å². The number of aldehydes is 1. The van der Waals surface area contributed by atoms with Gasteiger partial charge >= 0.3 is 0 Å². The minimum atomic E-state index is 0.573. The molecule has 0 heterocycles. The molecule has 0 amide bonds. The minimum absolute atomic E-state index is 0.573. The van der Waals surface area contributed by atoms with Crippen LogP contribution in [0.2, 0.25) is 5.02 Å². The van der Waals surface area contributed by atoms with E-state index in [9.17, 15) is 4.79 Å². The van der Waals surface area contributed by atoms with E-state index in [1.807, 2.05) is 37.1 Å². The molecule has 2 aromatic rings. The highest BCUT2D eigenvalue weighted by Gasteiger charge is 2.12. The van der Waals surface area contributed by atoms with Crippen LogP contribution >= 0.6 is 11.6 Å². The lowest BCUT2D eigenvalue weighted by Crippen LogP contribution is -2.12. The number of carbonyl (C=O) groups excluding carboxylic acids is 1. The number of halogens is 1. The highest BCUT2D eigenvalue weighted by atomic mass is 35.5. The molecule has 0 atom stereocenters. The molecule has 0 aliphatic heterocycles. The lowest BCUT2D eigenvalue weighted by Gasteiger charge is -2.22. The number of anilines is 2. The summed E-state index contributed by atoms with van der Waals surface area (Å²) < 4.78 is 0. The lowest BCUT2D eigenvalue weighted by molar-refractivity contribution is 0.112. The summed E-state index contributed by atoms with van der Waals surface area (Å²) in [4.78, 5) is 13.0. The van der Waals surface area contributed by atoms with Gasteiger partial charge in [0.25, 0.3) is 0 Å². The van der Waals surface area contributed by atoms with Crippen molar-refractivity contribution < 1.29 is 4.79 Å². The third-order valence-corrected chi connectivity index (χ3v) is 3.17. The van der Waals surface area contributed by atoms with E-state index in [1.54, 1.807) is 18.2 Å². The maximum absolute atomic E-state index is 11.1. The first-order chi connectivity index (χ1) is 8.63. The molecule has 0 aromatic heterocycles. The Morgan fingerprint density at radius 3 is 2.56 bits per heavy atom. The molecule has 0 saturated carbocycles. The van der Waals surface area contributed by atoms with Crippen LogP contribution in [0, 0.1) is 6.92 Å². The van der Waals surface area contributed by atoms with Gasteiger partial charge in [0.15, 0.2) is 6.29 Å². The summed E-state index contributed by atoms with van der Waals surface area (Å²) in [5.41, 5.74) is 3.50. The molecule has 2 nitrogen and oxygen atoms in total.